The van der Waals surface area contributed by atoms with Crippen molar-refractivity contribution >= 4 is 34.5 Å². The quantitative estimate of drug-likeness (QED) is 0.660. The second-order valence-electron chi connectivity index (χ2n) is 5.12. The first-order chi connectivity index (χ1) is 11.7. The molecule has 0 aliphatic rings. The molecular weight excluding hydrogens is 324 g/mol. The lowest BCUT2D eigenvalue weighted by molar-refractivity contribution is -0.106. The largest absolute Gasteiger partial charge is 0.493 e. The Morgan fingerprint density at radius 2 is 1.92 bits per heavy atom. The number of halogens is 1. The lowest BCUT2D eigenvalue weighted by Crippen LogP contribution is -2.01. The third kappa shape index (κ3) is 4.77. The second kappa shape index (κ2) is 8.99. The Labute approximate surface area is 146 Å². The highest BCUT2D eigenvalue weighted by Crippen LogP contribution is 2.24. The highest BCUT2D eigenvalue weighted by molar-refractivity contribution is 6.30. The van der Waals surface area contributed by atoms with Crippen molar-refractivity contribution in [3.05, 3.63) is 59.2 Å². The summed E-state index contributed by atoms with van der Waals surface area (Å²) in [7, 11) is 1.93. The SMILES string of the molecule is CC=O.CNc1c[nH]c2ccc(CCOc3ccc(Cl)cc3)cc12. The minimum Gasteiger partial charge on any atom is -0.493 e. The fourth-order valence-electron chi connectivity index (χ4n) is 2.35. The number of aromatic amines is 1. The van der Waals surface area contributed by atoms with Crippen LogP contribution in [0.3, 0.4) is 0 Å². The molecule has 24 heavy (non-hydrogen) atoms. The molecule has 0 spiro atoms. The molecule has 3 aromatic rings. The van der Waals surface area contributed by atoms with Crippen LogP contribution in [0.25, 0.3) is 10.9 Å². The molecule has 0 aliphatic heterocycles. The van der Waals surface area contributed by atoms with E-state index in [1.165, 1.54) is 17.9 Å². The maximum absolute atomic E-state index is 8.81. The van der Waals surface area contributed by atoms with Gasteiger partial charge < -0.3 is 19.8 Å². The van der Waals surface area contributed by atoms with Crippen molar-refractivity contribution in [2.75, 3.05) is 19.0 Å². The first kappa shape index (κ1) is 17.9. The van der Waals surface area contributed by atoms with E-state index in [4.69, 9.17) is 21.1 Å². The maximum Gasteiger partial charge on any atom is 0.119 e. The minimum absolute atomic E-state index is 0.645. The van der Waals surface area contributed by atoms with E-state index in [0.29, 0.717) is 6.61 Å². The number of H-pyrrole nitrogens is 1. The molecule has 0 fully saturated rings. The van der Waals surface area contributed by atoms with Crippen LogP contribution in [0.2, 0.25) is 5.02 Å². The molecule has 2 aromatic carbocycles. The van der Waals surface area contributed by atoms with Crippen LogP contribution in [-0.4, -0.2) is 24.9 Å². The average molecular weight is 345 g/mol. The topological polar surface area (TPSA) is 54.1 Å². The number of carbonyl (C=O) groups is 1. The number of fused-ring (bicyclic) bond motifs is 1. The molecule has 1 heterocycles. The summed E-state index contributed by atoms with van der Waals surface area (Å²) in [5.41, 5.74) is 3.51. The van der Waals surface area contributed by atoms with Crippen molar-refractivity contribution in [1.82, 2.24) is 4.98 Å². The monoisotopic (exact) mass is 344 g/mol. The third-order valence-electron chi connectivity index (χ3n) is 3.49. The molecular formula is C19H21ClN2O2. The Hall–Kier alpha value is -2.46. The van der Waals surface area contributed by atoms with Gasteiger partial charge in [0.1, 0.15) is 12.0 Å². The van der Waals surface area contributed by atoms with Gasteiger partial charge in [0.25, 0.3) is 0 Å². The summed E-state index contributed by atoms with van der Waals surface area (Å²) in [5.74, 6) is 0.845. The average Bonchev–Trinajstić information content (AvgIpc) is 3.00. The molecule has 2 N–H and O–H groups in total. The number of aromatic nitrogens is 1. The van der Waals surface area contributed by atoms with Crippen molar-refractivity contribution in [2.24, 2.45) is 0 Å². The highest BCUT2D eigenvalue weighted by atomic mass is 35.5. The van der Waals surface area contributed by atoms with Gasteiger partial charge in [-0.2, -0.15) is 0 Å². The van der Waals surface area contributed by atoms with E-state index in [1.54, 1.807) is 0 Å². The van der Waals surface area contributed by atoms with Crippen LogP contribution in [0.5, 0.6) is 5.75 Å². The fourth-order valence-corrected chi connectivity index (χ4v) is 2.47. The van der Waals surface area contributed by atoms with E-state index in [-0.39, 0.29) is 0 Å². The standard InChI is InChI=1S/C17H17ClN2O.C2H4O/c1-19-17-11-20-16-7-2-12(10-15(16)17)8-9-21-14-5-3-13(18)4-6-14;1-2-3/h2-7,10-11,19-20H,8-9H2,1H3;2H,1H3. The first-order valence-corrected chi connectivity index (χ1v) is 8.11. The fraction of sp³-hybridized carbons (Fsp3) is 0.211. The van der Waals surface area contributed by atoms with Gasteiger partial charge in [-0.15, -0.1) is 0 Å². The van der Waals surface area contributed by atoms with Gasteiger partial charge in [-0.25, -0.2) is 0 Å². The molecule has 126 valence electrons. The Kier molecular flexibility index (Phi) is 6.70. The molecule has 0 radical (unpaired) electrons. The summed E-state index contributed by atoms with van der Waals surface area (Å²) in [6, 6.07) is 13.9. The summed E-state index contributed by atoms with van der Waals surface area (Å²) in [5, 5.41) is 5.12. The number of ether oxygens (including phenoxy) is 1. The van der Waals surface area contributed by atoms with Gasteiger partial charge in [-0.3, -0.25) is 0 Å². The lowest BCUT2D eigenvalue weighted by Gasteiger charge is -2.07. The number of rotatable bonds is 5. The van der Waals surface area contributed by atoms with Crippen molar-refractivity contribution < 1.29 is 9.53 Å². The number of anilines is 1. The zero-order valence-electron chi connectivity index (χ0n) is 13.8. The lowest BCUT2D eigenvalue weighted by atomic mass is 10.1. The Morgan fingerprint density at radius 1 is 1.21 bits per heavy atom. The van der Waals surface area contributed by atoms with Crippen LogP contribution >= 0.6 is 11.6 Å². The number of aldehydes is 1. The molecule has 4 nitrogen and oxygen atoms in total. The van der Waals surface area contributed by atoms with E-state index in [1.807, 2.05) is 37.5 Å². The normalized spacial score (nSPS) is 9.96. The minimum atomic E-state index is 0.645. The molecule has 0 atom stereocenters. The molecule has 0 saturated carbocycles. The van der Waals surface area contributed by atoms with E-state index in [9.17, 15) is 0 Å². The second-order valence-corrected chi connectivity index (χ2v) is 5.56. The van der Waals surface area contributed by atoms with Gasteiger partial charge in [0.15, 0.2) is 0 Å². The Bertz CT molecular complexity index is 782. The smallest absolute Gasteiger partial charge is 0.119 e. The maximum atomic E-state index is 8.81. The van der Waals surface area contributed by atoms with Gasteiger partial charge in [0, 0.05) is 35.6 Å². The Morgan fingerprint density at radius 3 is 2.58 bits per heavy atom. The molecule has 1 aromatic heterocycles. The van der Waals surface area contributed by atoms with E-state index < -0.39 is 0 Å². The summed E-state index contributed by atoms with van der Waals surface area (Å²) < 4.78 is 5.73. The van der Waals surface area contributed by atoms with E-state index >= 15 is 0 Å². The van der Waals surface area contributed by atoms with Gasteiger partial charge >= 0.3 is 0 Å². The zero-order chi connectivity index (χ0) is 17.4. The summed E-state index contributed by atoms with van der Waals surface area (Å²) in [4.78, 5) is 12.1. The molecule has 0 bridgehead atoms. The number of nitrogens with one attached hydrogen (secondary N) is 2. The summed E-state index contributed by atoms with van der Waals surface area (Å²) in [6.07, 6.45) is 3.60. The van der Waals surface area contributed by atoms with Crippen LogP contribution in [0.1, 0.15) is 12.5 Å². The molecule has 0 unspecified atom stereocenters. The predicted molar refractivity (Wildman–Crippen MR) is 100 cm³/mol. The van der Waals surface area contributed by atoms with E-state index in [2.05, 4.69) is 28.5 Å². The molecule has 3 rings (SSSR count). The van der Waals surface area contributed by atoms with Crippen molar-refractivity contribution in [2.45, 2.75) is 13.3 Å². The number of hydrogen-bond acceptors (Lipinski definition) is 3. The molecule has 5 heteroatoms. The van der Waals surface area contributed by atoms with Crippen LogP contribution in [0, 0.1) is 0 Å². The van der Waals surface area contributed by atoms with Crippen LogP contribution in [-0.2, 0) is 11.2 Å². The zero-order valence-corrected chi connectivity index (χ0v) is 14.6. The third-order valence-corrected chi connectivity index (χ3v) is 3.74. The Balaban J connectivity index is 0.000000647. The highest BCUT2D eigenvalue weighted by Gasteiger charge is 2.03. The molecule has 0 saturated heterocycles. The van der Waals surface area contributed by atoms with Gasteiger partial charge in [0.2, 0.25) is 0 Å². The van der Waals surface area contributed by atoms with Crippen molar-refractivity contribution in [3.63, 3.8) is 0 Å². The summed E-state index contributed by atoms with van der Waals surface area (Å²) in [6.45, 7) is 2.09. The number of hydrogen-bond donors (Lipinski definition) is 2. The van der Waals surface area contributed by atoms with Crippen LogP contribution in [0.4, 0.5) is 5.69 Å². The van der Waals surface area contributed by atoms with Gasteiger partial charge in [0.05, 0.1) is 12.3 Å². The van der Waals surface area contributed by atoms with Gasteiger partial charge in [-0.1, -0.05) is 17.7 Å². The molecule has 0 amide bonds. The first-order valence-electron chi connectivity index (χ1n) is 7.74. The van der Waals surface area contributed by atoms with Crippen LogP contribution in [0.15, 0.2) is 48.7 Å². The predicted octanol–water partition coefficient (Wildman–Crippen LogP) is 4.69. The molecule has 0 aliphatic carbocycles. The number of benzene rings is 2. The van der Waals surface area contributed by atoms with E-state index in [0.717, 1.165) is 34.7 Å². The number of carbonyl (C=O) groups excluding carboxylic acids is 1. The summed E-state index contributed by atoms with van der Waals surface area (Å²) >= 11 is 5.85. The van der Waals surface area contributed by atoms with Gasteiger partial charge in [-0.05, 0) is 48.9 Å². The van der Waals surface area contributed by atoms with Crippen molar-refractivity contribution in [1.29, 1.82) is 0 Å². The van der Waals surface area contributed by atoms with Crippen LogP contribution < -0.4 is 10.1 Å². The van der Waals surface area contributed by atoms with Crippen molar-refractivity contribution in [3.8, 4) is 5.75 Å².